The molecule has 142 valence electrons. The fourth-order valence-corrected chi connectivity index (χ4v) is 5.48. The van der Waals surface area contributed by atoms with Gasteiger partial charge < -0.3 is 14.0 Å². The molecule has 1 unspecified atom stereocenters. The summed E-state index contributed by atoms with van der Waals surface area (Å²) < 4.78 is 15.4. The van der Waals surface area contributed by atoms with Crippen LogP contribution in [0.15, 0.2) is 22.8 Å². The van der Waals surface area contributed by atoms with Gasteiger partial charge in [0, 0.05) is 24.1 Å². The number of nitrogens with zero attached hydrogens (tertiary/aromatic N) is 1. The first kappa shape index (κ1) is 18.5. The van der Waals surface area contributed by atoms with Crippen molar-refractivity contribution in [3.63, 3.8) is 0 Å². The minimum Gasteiger partial charge on any atom is -0.353 e. The molecule has 0 amide bonds. The maximum Gasteiger partial charge on any atom is 0.157 e. The molecule has 2 aliphatic rings. The van der Waals surface area contributed by atoms with E-state index in [1.807, 2.05) is 0 Å². The SMILES string of the molecule is Cc1ccc2c(C3CCCCC3)c(Br)n(CCOC3CCCCO3)c2c1. The van der Waals surface area contributed by atoms with Crippen LogP contribution in [0.25, 0.3) is 10.9 Å². The van der Waals surface area contributed by atoms with Crippen LogP contribution in [0.1, 0.15) is 68.4 Å². The summed E-state index contributed by atoms with van der Waals surface area (Å²) in [6.45, 7) is 4.58. The van der Waals surface area contributed by atoms with E-state index in [0.717, 1.165) is 26.0 Å². The van der Waals surface area contributed by atoms with Crippen LogP contribution in [0.5, 0.6) is 0 Å². The predicted molar refractivity (Wildman–Crippen MR) is 110 cm³/mol. The van der Waals surface area contributed by atoms with E-state index in [-0.39, 0.29) is 6.29 Å². The Kier molecular flexibility index (Phi) is 6.02. The third-order valence-corrected chi connectivity index (χ3v) is 6.82. The van der Waals surface area contributed by atoms with Crippen molar-refractivity contribution in [3.8, 4) is 0 Å². The van der Waals surface area contributed by atoms with Gasteiger partial charge in [-0.05, 0) is 78.1 Å². The van der Waals surface area contributed by atoms with Gasteiger partial charge in [0.15, 0.2) is 6.29 Å². The topological polar surface area (TPSA) is 23.4 Å². The lowest BCUT2D eigenvalue weighted by Crippen LogP contribution is -2.24. The molecule has 1 aromatic carbocycles. The molecule has 1 aromatic heterocycles. The lowest BCUT2D eigenvalue weighted by molar-refractivity contribution is -0.163. The summed E-state index contributed by atoms with van der Waals surface area (Å²) in [5.41, 5.74) is 4.18. The Morgan fingerprint density at radius 2 is 1.92 bits per heavy atom. The Morgan fingerprint density at radius 3 is 2.69 bits per heavy atom. The monoisotopic (exact) mass is 419 g/mol. The van der Waals surface area contributed by atoms with E-state index in [1.165, 1.54) is 65.2 Å². The molecule has 0 radical (unpaired) electrons. The predicted octanol–water partition coefficient (Wildman–Crippen LogP) is 6.30. The molecule has 1 aliphatic carbocycles. The Labute approximate surface area is 165 Å². The van der Waals surface area contributed by atoms with E-state index in [1.54, 1.807) is 0 Å². The number of benzene rings is 1. The molecule has 4 heteroatoms. The highest BCUT2D eigenvalue weighted by molar-refractivity contribution is 9.10. The second-order valence-electron chi connectivity index (χ2n) is 7.88. The maximum atomic E-state index is 6.01. The van der Waals surface area contributed by atoms with E-state index < -0.39 is 0 Å². The molecule has 3 nitrogen and oxygen atoms in total. The van der Waals surface area contributed by atoms with E-state index in [2.05, 4.69) is 45.6 Å². The number of ether oxygens (including phenoxy) is 2. The minimum atomic E-state index is -0.0103. The molecule has 0 N–H and O–H groups in total. The van der Waals surface area contributed by atoms with Gasteiger partial charge in [0.05, 0.1) is 11.2 Å². The molecule has 1 atom stereocenters. The van der Waals surface area contributed by atoms with Crippen molar-refractivity contribution in [1.82, 2.24) is 4.57 Å². The maximum absolute atomic E-state index is 6.01. The van der Waals surface area contributed by atoms with Crippen LogP contribution in [-0.2, 0) is 16.0 Å². The number of fused-ring (bicyclic) bond motifs is 1. The Bertz CT molecular complexity index is 742. The van der Waals surface area contributed by atoms with Crippen LogP contribution in [0.4, 0.5) is 0 Å². The number of rotatable bonds is 5. The largest absolute Gasteiger partial charge is 0.353 e. The van der Waals surface area contributed by atoms with Gasteiger partial charge in [0.25, 0.3) is 0 Å². The zero-order valence-electron chi connectivity index (χ0n) is 15.8. The van der Waals surface area contributed by atoms with Gasteiger partial charge in [-0.15, -0.1) is 0 Å². The number of hydrogen-bond acceptors (Lipinski definition) is 2. The van der Waals surface area contributed by atoms with E-state index in [0.29, 0.717) is 12.5 Å². The first-order valence-electron chi connectivity index (χ1n) is 10.3. The van der Waals surface area contributed by atoms with Crippen LogP contribution in [0.2, 0.25) is 0 Å². The third kappa shape index (κ3) is 3.88. The fourth-order valence-electron chi connectivity index (χ4n) is 4.57. The lowest BCUT2D eigenvalue weighted by atomic mass is 9.84. The minimum absolute atomic E-state index is 0.0103. The van der Waals surface area contributed by atoms with Gasteiger partial charge in [-0.3, -0.25) is 0 Å². The van der Waals surface area contributed by atoms with Gasteiger partial charge in [-0.1, -0.05) is 31.4 Å². The molecule has 2 heterocycles. The van der Waals surface area contributed by atoms with Crippen LogP contribution in [0.3, 0.4) is 0 Å². The van der Waals surface area contributed by atoms with Gasteiger partial charge in [0.2, 0.25) is 0 Å². The lowest BCUT2D eigenvalue weighted by Gasteiger charge is -2.23. The standard InChI is InChI=1S/C22H30BrNO2/c1-16-10-11-18-19(15-16)24(12-14-26-20-9-5-6-13-25-20)22(23)21(18)17-7-3-2-4-8-17/h10-11,15,17,20H,2-9,12-14H2,1H3. The molecule has 2 aromatic rings. The van der Waals surface area contributed by atoms with Crippen LogP contribution in [-0.4, -0.2) is 24.1 Å². The zero-order valence-corrected chi connectivity index (χ0v) is 17.4. The molecule has 1 saturated carbocycles. The molecular formula is C22H30BrNO2. The molecule has 0 bridgehead atoms. The van der Waals surface area contributed by atoms with E-state index >= 15 is 0 Å². The highest BCUT2D eigenvalue weighted by Crippen LogP contribution is 2.42. The van der Waals surface area contributed by atoms with Crippen molar-refractivity contribution in [1.29, 1.82) is 0 Å². The average molecular weight is 420 g/mol. The van der Waals surface area contributed by atoms with Crippen LogP contribution < -0.4 is 0 Å². The number of aromatic nitrogens is 1. The third-order valence-electron chi connectivity index (χ3n) is 5.96. The Morgan fingerprint density at radius 1 is 1.12 bits per heavy atom. The fraction of sp³-hybridized carbons (Fsp3) is 0.636. The highest BCUT2D eigenvalue weighted by atomic mass is 79.9. The Hall–Kier alpha value is -0.840. The summed E-state index contributed by atoms with van der Waals surface area (Å²) >= 11 is 3.96. The molecule has 2 fully saturated rings. The number of halogens is 1. The molecule has 1 aliphatic heterocycles. The summed E-state index contributed by atoms with van der Waals surface area (Å²) in [6.07, 6.45) is 10.1. The van der Waals surface area contributed by atoms with Crippen molar-refractivity contribution in [3.05, 3.63) is 33.9 Å². The van der Waals surface area contributed by atoms with E-state index in [9.17, 15) is 0 Å². The van der Waals surface area contributed by atoms with Gasteiger partial charge in [-0.25, -0.2) is 0 Å². The summed E-state index contributed by atoms with van der Waals surface area (Å²) in [6, 6.07) is 6.89. The summed E-state index contributed by atoms with van der Waals surface area (Å²) in [5, 5.41) is 1.42. The Balaban J connectivity index is 1.58. The first-order valence-corrected chi connectivity index (χ1v) is 11.0. The first-order chi connectivity index (χ1) is 12.7. The summed E-state index contributed by atoms with van der Waals surface area (Å²) in [4.78, 5) is 0. The van der Waals surface area contributed by atoms with Crippen molar-refractivity contribution in [2.24, 2.45) is 0 Å². The van der Waals surface area contributed by atoms with Gasteiger partial charge in [0.1, 0.15) is 0 Å². The summed E-state index contributed by atoms with van der Waals surface area (Å²) in [7, 11) is 0. The zero-order chi connectivity index (χ0) is 17.9. The second-order valence-corrected chi connectivity index (χ2v) is 8.63. The average Bonchev–Trinajstić information content (AvgIpc) is 2.94. The molecule has 26 heavy (non-hydrogen) atoms. The summed E-state index contributed by atoms with van der Waals surface area (Å²) in [5.74, 6) is 0.687. The van der Waals surface area contributed by atoms with Crippen LogP contribution >= 0.6 is 15.9 Å². The molecule has 0 spiro atoms. The number of aryl methyl sites for hydroxylation is 1. The molecule has 1 saturated heterocycles. The van der Waals surface area contributed by atoms with Gasteiger partial charge in [-0.2, -0.15) is 0 Å². The van der Waals surface area contributed by atoms with Crippen molar-refractivity contribution >= 4 is 26.8 Å². The van der Waals surface area contributed by atoms with E-state index in [4.69, 9.17) is 9.47 Å². The molecule has 4 rings (SSSR count). The van der Waals surface area contributed by atoms with Crippen molar-refractivity contribution in [2.75, 3.05) is 13.2 Å². The highest BCUT2D eigenvalue weighted by Gasteiger charge is 2.24. The normalized spacial score (nSPS) is 22.2. The van der Waals surface area contributed by atoms with Crippen molar-refractivity contribution in [2.45, 2.75) is 77.0 Å². The van der Waals surface area contributed by atoms with Crippen molar-refractivity contribution < 1.29 is 9.47 Å². The van der Waals surface area contributed by atoms with Gasteiger partial charge >= 0.3 is 0 Å². The number of hydrogen-bond donors (Lipinski definition) is 0. The van der Waals surface area contributed by atoms with Crippen LogP contribution in [0, 0.1) is 6.92 Å². The smallest absolute Gasteiger partial charge is 0.157 e. The quantitative estimate of drug-likeness (QED) is 0.567. The molecular weight excluding hydrogens is 390 g/mol. The second kappa shape index (κ2) is 8.45.